The molecule has 2 aromatic carbocycles. The summed E-state index contributed by atoms with van der Waals surface area (Å²) in [7, 11) is -4.56. The van der Waals surface area contributed by atoms with Crippen molar-refractivity contribution in [1.82, 2.24) is 15.4 Å². The smallest absolute Gasteiger partial charge is 0.447 e. The van der Waals surface area contributed by atoms with Crippen LogP contribution in [0.2, 0.25) is 5.02 Å². The zero-order valence-electron chi connectivity index (χ0n) is 20.7. The molecule has 0 fully saturated rings. The fraction of sp³-hybridized carbons (Fsp3) is 0.320. The lowest BCUT2D eigenvalue weighted by atomic mass is 10.1. The first-order valence-electron chi connectivity index (χ1n) is 11.9. The molecule has 3 rings (SSSR count). The van der Waals surface area contributed by atoms with E-state index in [1.807, 2.05) is 36.4 Å². The van der Waals surface area contributed by atoms with E-state index < -0.39 is 20.0 Å². The second-order valence-electron chi connectivity index (χ2n) is 8.43. The van der Waals surface area contributed by atoms with Crippen molar-refractivity contribution in [3.05, 3.63) is 71.4 Å². The molecule has 0 radical (unpaired) electrons. The lowest BCUT2D eigenvalue weighted by molar-refractivity contribution is -0.136. The number of carbonyl (C=O) groups excluding carboxylic acids is 2. The summed E-state index contributed by atoms with van der Waals surface area (Å²) >= 11 is 6.23. The van der Waals surface area contributed by atoms with Gasteiger partial charge in [0.15, 0.2) is 0 Å². The van der Waals surface area contributed by atoms with E-state index in [-0.39, 0.29) is 25.7 Å². The van der Waals surface area contributed by atoms with Gasteiger partial charge in [-0.05, 0) is 42.3 Å². The third-order valence-corrected chi connectivity index (χ3v) is 6.45. The number of rotatable bonds is 13. The summed E-state index contributed by atoms with van der Waals surface area (Å²) < 4.78 is 20.8. The summed E-state index contributed by atoms with van der Waals surface area (Å²) in [5.74, 6) is 0.00817. The predicted octanol–water partition coefficient (Wildman–Crippen LogP) is 4.64. The Labute approximate surface area is 225 Å². The highest BCUT2D eigenvalue weighted by atomic mass is 35.5. The minimum atomic E-state index is -4.56. The maximum absolute atomic E-state index is 12.5. The third kappa shape index (κ3) is 9.68. The normalized spacial score (nSPS) is 12.2. The summed E-state index contributed by atoms with van der Waals surface area (Å²) in [6.07, 6.45) is 2.03. The number of unbranched alkanes of at least 4 members (excludes halogenated alkanes) is 1. The second-order valence-corrected chi connectivity index (χ2v) is 10.1. The van der Waals surface area contributed by atoms with E-state index in [2.05, 4.69) is 20.3 Å². The summed E-state index contributed by atoms with van der Waals surface area (Å²) in [6, 6.07) is 15.9. The molecule has 38 heavy (non-hydrogen) atoms. The van der Waals surface area contributed by atoms with Gasteiger partial charge in [-0.25, -0.2) is 19.8 Å². The van der Waals surface area contributed by atoms with Crippen molar-refractivity contribution < 1.29 is 33.2 Å². The Morgan fingerprint density at radius 1 is 1.11 bits per heavy atom. The zero-order chi connectivity index (χ0) is 27.5. The lowest BCUT2D eigenvalue weighted by Crippen LogP contribution is -2.50. The van der Waals surface area contributed by atoms with Gasteiger partial charge in [-0.1, -0.05) is 54.1 Å². The minimum absolute atomic E-state index is 0.145. The van der Waals surface area contributed by atoms with E-state index >= 15 is 0 Å². The number of hydrogen-bond donors (Lipinski definition) is 4. The molecule has 0 spiro atoms. The highest BCUT2D eigenvalue weighted by Gasteiger charge is 2.23. The molecule has 11 nitrogen and oxygen atoms in total. The molecule has 3 aromatic rings. The van der Waals surface area contributed by atoms with Gasteiger partial charge >= 0.3 is 13.9 Å². The molecule has 0 bridgehead atoms. The Morgan fingerprint density at radius 2 is 1.82 bits per heavy atom. The number of fused-ring (bicyclic) bond motifs is 1. The first-order valence-corrected chi connectivity index (χ1v) is 13.8. The Morgan fingerprint density at radius 3 is 2.53 bits per heavy atom. The van der Waals surface area contributed by atoms with Crippen LogP contribution in [0, 0.1) is 0 Å². The van der Waals surface area contributed by atoms with Crippen LogP contribution in [0.4, 0.5) is 10.6 Å². The van der Waals surface area contributed by atoms with Gasteiger partial charge in [0.05, 0.1) is 12.6 Å². The van der Waals surface area contributed by atoms with E-state index in [0.29, 0.717) is 30.1 Å². The van der Waals surface area contributed by atoms with Gasteiger partial charge in [-0.15, -0.1) is 0 Å². The summed E-state index contributed by atoms with van der Waals surface area (Å²) in [4.78, 5) is 47.0. The number of amides is 2. The van der Waals surface area contributed by atoms with Crippen molar-refractivity contribution in [2.75, 3.05) is 18.5 Å². The van der Waals surface area contributed by atoms with E-state index in [1.165, 1.54) is 11.9 Å². The topological polar surface area (TPSA) is 150 Å². The maximum Gasteiger partial charge on any atom is 0.469 e. The molecule has 0 aliphatic rings. The molecule has 4 N–H and O–H groups in total. The molecule has 0 unspecified atom stereocenters. The van der Waals surface area contributed by atoms with Crippen molar-refractivity contribution in [2.45, 2.75) is 38.8 Å². The number of pyridine rings is 1. The number of phosphoric ester groups is 1. The average Bonchev–Trinajstić information content (AvgIpc) is 2.86. The monoisotopic (exact) mass is 564 g/mol. The molecule has 13 heteroatoms. The van der Waals surface area contributed by atoms with Crippen LogP contribution in [0.3, 0.4) is 0 Å². The number of anilines is 1. The fourth-order valence-corrected chi connectivity index (χ4v) is 4.30. The predicted molar refractivity (Wildman–Crippen MR) is 143 cm³/mol. The molecular weight excluding hydrogens is 535 g/mol. The molecule has 1 heterocycles. The van der Waals surface area contributed by atoms with Crippen molar-refractivity contribution in [3.63, 3.8) is 0 Å². The first kappa shape index (κ1) is 29.5. The Hall–Kier alpha value is -3.05. The number of ether oxygens (including phenoxy) is 1. The van der Waals surface area contributed by atoms with Crippen LogP contribution in [-0.4, -0.2) is 51.0 Å². The van der Waals surface area contributed by atoms with Crippen molar-refractivity contribution in [1.29, 1.82) is 0 Å². The van der Waals surface area contributed by atoms with Crippen LogP contribution in [0.15, 0.2) is 60.8 Å². The first-order chi connectivity index (χ1) is 18.1. The van der Waals surface area contributed by atoms with E-state index in [0.717, 1.165) is 16.3 Å². The maximum atomic E-state index is 12.5. The van der Waals surface area contributed by atoms with Gasteiger partial charge in [0.2, 0.25) is 5.91 Å². The minimum Gasteiger partial charge on any atom is -0.447 e. The van der Waals surface area contributed by atoms with Crippen LogP contribution in [-0.2, 0) is 25.2 Å². The highest BCUT2D eigenvalue weighted by molar-refractivity contribution is 7.46. The molecule has 1 atom stereocenters. The molecule has 204 valence electrons. The number of phosphoric acid groups is 1. The number of hydrogen-bond acceptors (Lipinski definition) is 7. The van der Waals surface area contributed by atoms with Gasteiger partial charge in [-0.3, -0.25) is 19.6 Å². The number of nitrogens with zero attached hydrogens (tertiary/aromatic N) is 2. The van der Waals surface area contributed by atoms with E-state index in [9.17, 15) is 14.2 Å². The van der Waals surface area contributed by atoms with Crippen LogP contribution in [0.5, 0.6) is 0 Å². The summed E-state index contributed by atoms with van der Waals surface area (Å²) in [6.45, 7) is 1.33. The molecule has 0 aliphatic heterocycles. The number of nitrogens with one attached hydrogen (secondary N) is 2. The van der Waals surface area contributed by atoms with E-state index in [1.54, 1.807) is 24.4 Å². The third-order valence-electron chi connectivity index (χ3n) is 5.56. The quantitative estimate of drug-likeness (QED) is 0.132. The van der Waals surface area contributed by atoms with Crippen LogP contribution in [0.1, 0.15) is 31.7 Å². The second kappa shape index (κ2) is 14.2. The zero-order valence-corrected chi connectivity index (χ0v) is 22.4. The number of hydrazine groups is 1. The van der Waals surface area contributed by atoms with Crippen molar-refractivity contribution >= 4 is 48.0 Å². The number of benzene rings is 2. The SMILES string of the molecule is CC(=O)N(NCc1ccccc1Cl)[C@@H](CCCCOP(=O)(O)O)COC(=O)Nc1cc2ccccc2cn1. The molecule has 1 aromatic heterocycles. The van der Waals surface area contributed by atoms with Crippen LogP contribution in [0.25, 0.3) is 10.8 Å². The largest absolute Gasteiger partial charge is 0.469 e. The Kier molecular flexibility index (Phi) is 11.0. The molecule has 0 saturated carbocycles. The average molecular weight is 565 g/mol. The lowest BCUT2D eigenvalue weighted by Gasteiger charge is -2.31. The number of carbonyl (C=O) groups is 2. The van der Waals surface area contributed by atoms with Crippen molar-refractivity contribution in [2.24, 2.45) is 0 Å². The standard InChI is InChI=1S/C25H30ClN4O7P/c1-18(31)30(28-16-21-10-4-5-12-23(21)26)22(11-6-7-13-37-38(33,34)35)17-36-25(32)29-24-14-19-8-2-3-9-20(19)15-27-24/h2-5,8-10,12,14-15,22,28H,6-7,11,13,16-17H2,1H3,(H,27,29,32)(H2,33,34,35)/t22-/m0/s1. The molecule has 0 aliphatic carbocycles. The molecular formula is C25H30ClN4O7P. The number of halogens is 1. The Balaban J connectivity index is 1.63. The van der Waals surface area contributed by atoms with Gasteiger partial charge in [0.25, 0.3) is 0 Å². The van der Waals surface area contributed by atoms with Gasteiger partial charge in [0.1, 0.15) is 12.4 Å². The summed E-state index contributed by atoms with van der Waals surface area (Å²) in [5, 5.41) is 6.33. The summed E-state index contributed by atoms with van der Waals surface area (Å²) in [5.41, 5.74) is 3.83. The van der Waals surface area contributed by atoms with Gasteiger partial charge < -0.3 is 14.5 Å². The van der Waals surface area contributed by atoms with Crippen LogP contribution >= 0.6 is 19.4 Å². The molecule has 0 saturated heterocycles. The van der Waals surface area contributed by atoms with Crippen LogP contribution < -0.4 is 10.7 Å². The molecule has 2 amide bonds. The van der Waals surface area contributed by atoms with Gasteiger partial charge in [0, 0.05) is 30.1 Å². The van der Waals surface area contributed by atoms with E-state index in [4.69, 9.17) is 26.1 Å². The van der Waals surface area contributed by atoms with Crippen molar-refractivity contribution in [3.8, 4) is 0 Å². The number of aromatic nitrogens is 1. The highest BCUT2D eigenvalue weighted by Crippen LogP contribution is 2.35. The fourth-order valence-electron chi connectivity index (χ4n) is 3.73. The Bertz CT molecular complexity index is 1290. The van der Waals surface area contributed by atoms with Gasteiger partial charge in [-0.2, -0.15) is 0 Å².